The van der Waals surface area contributed by atoms with Crippen molar-refractivity contribution in [2.45, 2.75) is 51.0 Å². The number of hydrogen-bond acceptors (Lipinski definition) is 4. The maximum atomic E-state index is 12.9. The SMILES string of the molecule is CC(C)(C)OC(=O)N1CCC[C@H](NS(=O)(=O)Cc2ccc(F)cc2)C1. The molecule has 1 amide bonds. The van der Waals surface area contributed by atoms with E-state index in [2.05, 4.69) is 4.72 Å². The molecule has 1 N–H and O–H groups in total. The number of carbonyl (C=O) groups is 1. The van der Waals surface area contributed by atoms with Gasteiger partial charge in [-0.3, -0.25) is 0 Å². The third-order valence-electron chi connectivity index (χ3n) is 3.69. The van der Waals surface area contributed by atoms with E-state index in [0.29, 0.717) is 24.9 Å². The number of halogens is 1. The molecule has 1 aromatic carbocycles. The molecule has 1 heterocycles. The number of amides is 1. The van der Waals surface area contributed by atoms with Crippen molar-refractivity contribution in [3.63, 3.8) is 0 Å². The Balaban J connectivity index is 1.94. The first-order valence-electron chi connectivity index (χ1n) is 8.26. The number of sulfonamides is 1. The van der Waals surface area contributed by atoms with Crippen molar-refractivity contribution >= 4 is 16.1 Å². The van der Waals surface area contributed by atoms with Crippen LogP contribution in [0.1, 0.15) is 39.2 Å². The quantitative estimate of drug-likeness (QED) is 0.882. The molecule has 1 saturated heterocycles. The lowest BCUT2D eigenvalue weighted by molar-refractivity contribution is 0.0195. The summed E-state index contributed by atoms with van der Waals surface area (Å²) in [6.45, 7) is 6.19. The minimum absolute atomic E-state index is 0.226. The summed E-state index contributed by atoms with van der Waals surface area (Å²) in [5.74, 6) is -0.634. The Kier molecular flexibility index (Phi) is 6.05. The fraction of sp³-hybridized carbons (Fsp3) is 0.588. The van der Waals surface area contributed by atoms with Gasteiger partial charge in [-0.1, -0.05) is 12.1 Å². The average molecular weight is 372 g/mol. The van der Waals surface area contributed by atoms with E-state index in [1.165, 1.54) is 29.2 Å². The van der Waals surface area contributed by atoms with E-state index in [4.69, 9.17) is 4.74 Å². The highest BCUT2D eigenvalue weighted by Crippen LogP contribution is 2.16. The first-order chi connectivity index (χ1) is 11.5. The van der Waals surface area contributed by atoms with Crippen LogP contribution < -0.4 is 4.72 Å². The maximum absolute atomic E-state index is 12.9. The van der Waals surface area contributed by atoms with Crippen LogP contribution in [0.2, 0.25) is 0 Å². The van der Waals surface area contributed by atoms with Gasteiger partial charge >= 0.3 is 6.09 Å². The Morgan fingerprint density at radius 2 is 1.96 bits per heavy atom. The molecule has 0 saturated carbocycles. The summed E-state index contributed by atoms with van der Waals surface area (Å²) in [6.07, 6.45) is 0.917. The van der Waals surface area contributed by atoms with Gasteiger partial charge in [0.25, 0.3) is 0 Å². The van der Waals surface area contributed by atoms with Crippen molar-refractivity contribution in [3.8, 4) is 0 Å². The lowest BCUT2D eigenvalue weighted by Crippen LogP contribution is -2.50. The van der Waals surface area contributed by atoms with Crippen LogP contribution in [0.15, 0.2) is 24.3 Å². The lowest BCUT2D eigenvalue weighted by atomic mass is 10.1. The third kappa shape index (κ3) is 6.62. The molecule has 0 aliphatic carbocycles. The van der Waals surface area contributed by atoms with Crippen molar-refractivity contribution in [3.05, 3.63) is 35.6 Å². The summed E-state index contributed by atoms with van der Waals surface area (Å²) < 4.78 is 45.5. The second-order valence-corrected chi connectivity index (χ2v) is 9.02. The Morgan fingerprint density at radius 1 is 1.32 bits per heavy atom. The van der Waals surface area contributed by atoms with Crippen molar-refractivity contribution in [1.29, 1.82) is 0 Å². The summed E-state index contributed by atoms with van der Waals surface area (Å²) in [7, 11) is -3.58. The zero-order valence-electron chi connectivity index (χ0n) is 14.8. The van der Waals surface area contributed by atoms with Crippen LogP contribution in [0.4, 0.5) is 9.18 Å². The van der Waals surface area contributed by atoms with Crippen LogP contribution in [-0.2, 0) is 20.5 Å². The molecule has 0 radical (unpaired) electrons. The van der Waals surface area contributed by atoms with Gasteiger partial charge in [0.2, 0.25) is 10.0 Å². The van der Waals surface area contributed by atoms with Crippen LogP contribution in [0, 0.1) is 5.82 Å². The zero-order valence-corrected chi connectivity index (χ0v) is 15.6. The largest absolute Gasteiger partial charge is 0.444 e. The molecule has 6 nitrogen and oxygen atoms in total. The van der Waals surface area contributed by atoms with Gasteiger partial charge in [-0.15, -0.1) is 0 Å². The monoisotopic (exact) mass is 372 g/mol. The summed E-state index contributed by atoms with van der Waals surface area (Å²) in [4.78, 5) is 13.7. The molecule has 0 spiro atoms. The molecule has 1 aliphatic heterocycles. The topological polar surface area (TPSA) is 75.7 Å². The number of benzene rings is 1. The Bertz CT molecular complexity index is 698. The van der Waals surface area contributed by atoms with E-state index < -0.39 is 27.5 Å². The van der Waals surface area contributed by atoms with Crippen molar-refractivity contribution in [2.75, 3.05) is 13.1 Å². The van der Waals surface area contributed by atoms with Gasteiger partial charge in [0, 0.05) is 19.1 Å². The number of piperidine rings is 1. The first kappa shape index (κ1) is 19.7. The van der Waals surface area contributed by atoms with E-state index >= 15 is 0 Å². The summed E-state index contributed by atoms with van der Waals surface area (Å²) in [5.41, 5.74) is -0.0831. The molecule has 2 rings (SSSR count). The van der Waals surface area contributed by atoms with Crippen LogP contribution in [0.3, 0.4) is 0 Å². The van der Waals surface area contributed by atoms with E-state index in [1.54, 1.807) is 20.8 Å². The Labute approximate surface area is 148 Å². The lowest BCUT2D eigenvalue weighted by Gasteiger charge is -2.34. The molecule has 1 atom stereocenters. The molecule has 140 valence electrons. The molecule has 1 aliphatic rings. The van der Waals surface area contributed by atoms with Crippen LogP contribution in [0.5, 0.6) is 0 Å². The summed E-state index contributed by atoms with van der Waals surface area (Å²) >= 11 is 0. The van der Waals surface area contributed by atoms with Gasteiger partial charge in [0.1, 0.15) is 11.4 Å². The van der Waals surface area contributed by atoms with E-state index in [1.807, 2.05) is 0 Å². The minimum atomic E-state index is -3.58. The molecule has 8 heteroatoms. The Morgan fingerprint density at radius 3 is 2.56 bits per heavy atom. The highest BCUT2D eigenvalue weighted by atomic mass is 32.2. The molecule has 0 aromatic heterocycles. The number of nitrogens with zero attached hydrogens (tertiary/aromatic N) is 1. The first-order valence-corrected chi connectivity index (χ1v) is 9.92. The van der Waals surface area contributed by atoms with Gasteiger partial charge in [0.05, 0.1) is 5.75 Å². The number of carbonyl (C=O) groups excluding carboxylic acids is 1. The molecule has 1 fully saturated rings. The number of rotatable bonds is 4. The van der Waals surface area contributed by atoms with Gasteiger partial charge in [0.15, 0.2) is 0 Å². The highest BCUT2D eigenvalue weighted by molar-refractivity contribution is 7.88. The maximum Gasteiger partial charge on any atom is 0.410 e. The predicted octanol–water partition coefficient (Wildman–Crippen LogP) is 2.64. The van der Waals surface area contributed by atoms with Gasteiger partial charge in [-0.05, 0) is 51.3 Å². The van der Waals surface area contributed by atoms with Crippen molar-refractivity contribution in [1.82, 2.24) is 9.62 Å². The van der Waals surface area contributed by atoms with Gasteiger partial charge in [-0.2, -0.15) is 0 Å². The number of ether oxygens (including phenoxy) is 1. The summed E-state index contributed by atoms with van der Waals surface area (Å²) in [5, 5.41) is 0. The second kappa shape index (κ2) is 7.70. The third-order valence-corrected chi connectivity index (χ3v) is 5.10. The van der Waals surface area contributed by atoms with Crippen molar-refractivity contribution in [2.24, 2.45) is 0 Å². The number of nitrogens with one attached hydrogen (secondary N) is 1. The predicted molar refractivity (Wildman–Crippen MR) is 93.0 cm³/mol. The summed E-state index contributed by atoms with van der Waals surface area (Å²) in [6, 6.07) is 5.00. The average Bonchev–Trinajstić information content (AvgIpc) is 2.47. The Hall–Kier alpha value is -1.67. The molecular formula is C17H25FN2O4S. The molecule has 0 bridgehead atoms. The molecule has 25 heavy (non-hydrogen) atoms. The van der Waals surface area contributed by atoms with E-state index in [0.717, 1.165) is 0 Å². The van der Waals surface area contributed by atoms with Crippen molar-refractivity contribution < 1.29 is 22.3 Å². The van der Waals surface area contributed by atoms with Crippen LogP contribution in [0.25, 0.3) is 0 Å². The van der Waals surface area contributed by atoms with E-state index in [9.17, 15) is 17.6 Å². The zero-order chi connectivity index (χ0) is 18.7. The number of hydrogen-bond donors (Lipinski definition) is 1. The number of likely N-dealkylation sites (tertiary alicyclic amines) is 1. The second-order valence-electron chi connectivity index (χ2n) is 7.27. The van der Waals surface area contributed by atoms with Crippen LogP contribution >= 0.6 is 0 Å². The fourth-order valence-electron chi connectivity index (χ4n) is 2.66. The molecule has 0 unspecified atom stereocenters. The smallest absolute Gasteiger partial charge is 0.410 e. The molecular weight excluding hydrogens is 347 g/mol. The standard InChI is InChI=1S/C17H25FN2O4S/c1-17(2,3)24-16(21)20-10-4-5-15(11-20)19-25(22,23)12-13-6-8-14(18)9-7-13/h6-9,15,19H,4-5,10-12H2,1-3H3/t15-/m0/s1. The van der Waals surface area contributed by atoms with E-state index in [-0.39, 0.29) is 18.3 Å². The normalized spacial score (nSPS) is 18.9. The van der Waals surface area contributed by atoms with Gasteiger partial charge < -0.3 is 9.64 Å². The highest BCUT2D eigenvalue weighted by Gasteiger charge is 2.29. The molecule has 1 aromatic rings. The fourth-order valence-corrected chi connectivity index (χ4v) is 4.08. The van der Waals surface area contributed by atoms with Crippen LogP contribution in [-0.4, -0.2) is 44.1 Å². The van der Waals surface area contributed by atoms with Gasteiger partial charge in [-0.25, -0.2) is 22.3 Å². The minimum Gasteiger partial charge on any atom is -0.444 e.